The van der Waals surface area contributed by atoms with E-state index in [1.54, 1.807) is 11.3 Å². The number of aromatic nitrogens is 1. The van der Waals surface area contributed by atoms with Crippen LogP contribution in [0.2, 0.25) is 0 Å². The molecular formula is C19H26N2O2S. The van der Waals surface area contributed by atoms with E-state index in [9.17, 15) is 0 Å². The van der Waals surface area contributed by atoms with Crippen molar-refractivity contribution in [2.75, 3.05) is 19.7 Å². The lowest BCUT2D eigenvalue weighted by Crippen LogP contribution is -2.37. The van der Waals surface area contributed by atoms with Gasteiger partial charge in [0, 0.05) is 37.2 Å². The largest absolute Gasteiger partial charge is 0.441 e. The summed E-state index contributed by atoms with van der Waals surface area (Å²) < 4.78 is 11.8. The van der Waals surface area contributed by atoms with Crippen LogP contribution in [0.15, 0.2) is 21.2 Å². The first kappa shape index (κ1) is 16.3. The molecule has 130 valence electrons. The molecule has 0 unspecified atom stereocenters. The number of hydrogen-bond acceptors (Lipinski definition) is 5. The van der Waals surface area contributed by atoms with Gasteiger partial charge in [-0.15, -0.1) is 0 Å². The molecule has 0 aromatic carbocycles. The van der Waals surface area contributed by atoms with Crippen LogP contribution in [0.4, 0.5) is 0 Å². The van der Waals surface area contributed by atoms with Gasteiger partial charge in [0.15, 0.2) is 0 Å². The van der Waals surface area contributed by atoms with E-state index in [4.69, 9.17) is 14.1 Å². The van der Waals surface area contributed by atoms with E-state index in [0.717, 1.165) is 48.5 Å². The lowest BCUT2D eigenvalue weighted by molar-refractivity contribution is 0.0574. The summed E-state index contributed by atoms with van der Waals surface area (Å²) in [6.45, 7) is 6.02. The summed E-state index contributed by atoms with van der Waals surface area (Å²) in [5.74, 6) is 2.56. The minimum Gasteiger partial charge on any atom is -0.441 e. The molecule has 0 N–H and O–H groups in total. The molecule has 0 spiro atoms. The predicted octanol–water partition coefficient (Wildman–Crippen LogP) is 4.49. The maximum absolute atomic E-state index is 5.91. The van der Waals surface area contributed by atoms with Crippen LogP contribution in [-0.2, 0) is 11.3 Å². The summed E-state index contributed by atoms with van der Waals surface area (Å²) in [4.78, 5) is 7.32. The smallest absolute Gasteiger partial charge is 0.227 e. The highest BCUT2D eigenvalue weighted by atomic mass is 32.1. The molecule has 1 saturated heterocycles. The third kappa shape index (κ3) is 3.73. The Hall–Kier alpha value is -1.17. The van der Waals surface area contributed by atoms with Crippen molar-refractivity contribution in [1.29, 1.82) is 0 Å². The average Bonchev–Trinajstić information content (AvgIpc) is 3.25. The Kier molecular flexibility index (Phi) is 5.01. The van der Waals surface area contributed by atoms with E-state index in [1.807, 2.05) is 6.92 Å². The fourth-order valence-corrected chi connectivity index (χ4v) is 4.25. The Balaban J connectivity index is 1.46. The van der Waals surface area contributed by atoms with E-state index >= 15 is 0 Å². The molecule has 2 aromatic heterocycles. The molecule has 0 amide bonds. The molecule has 4 rings (SSSR count). The molecule has 4 nitrogen and oxygen atoms in total. The Bertz CT molecular complexity index is 642. The number of ether oxygens (including phenoxy) is 1. The van der Waals surface area contributed by atoms with Gasteiger partial charge < -0.3 is 9.15 Å². The van der Waals surface area contributed by atoms with Gasteiger partial charge in [-0.05, 0) is 50.0 Å². The minimum atomic E-state index is 0.397. The van der Waals surface area contributed by atoms with Gasteiger partial charge in [0.05, 0.1) is 11.8 Å². The highest BCUT2D eigenvalue weighted by Gasteiger charge is 2.26. The molecule has 1 aliphatic heterocycles. The van der Waals surface area contributed by atoms with Gasteiger partial charge in [-0.2, -0.15) is 11.3 Å². The zero-order valence-corrected chi connectivity index (χ0v) is 15.2. The number of hydrogen-bond donors (Lipinski definition) is 0. The molecule has 3 heterocycles. The first-order valence-electron chi connectivity index (χ1n) is 9.11. The van der Waals surface area contributed by atoms with Gasteiger partial charge in [0.1, 0.15) is 5.76 Å². The normalized spacial score (nSPS) is 21.5. The summed E-state index contributed by atoms with van der Waals surface area (Å²) in [7, 11) is 0. The summed E-state index contributed by atoms with van der Waals surface area (Å²) in [5, 5.41) is 4.16. The second kappa shape index (κ2) is 7.38. The fourth-order valence-electron chi connectivity index (χ4n) is 3.62. The van der Waals surface area contributed by atoms with Crippen LogP contribution in [-0.4, -0.2) is 35.7 Å². The SMILES string of the molecule is Cc1oc(-c2ccsc2)nc1CN(CC1CCC1)C[C@@H]1CCCO1. The van der Waals surface area contributed by atoms with Crippen molar-refractivity contribution in [3.8, 4) is 11.5 Å². The Morgan fingerprint density at radius 2 is 2.17 bits per heavy atom. The Labute approximate surface area is 147 Å². The first-order chi connectivity index (χ1) is 11.8. The summed E-state index contributed by atoms with van der Waals surface area (Å²) in [5.41, 5.74) is 2.16. The van der Waals surface area contributed by atoms with E-state index < -0.39 is 0 Å². The van der Waals surface area contributed by atoms with Crippen molar-refractivity contribution in [2.45, 2.75) is 51.7 Å². The molecule has 0 radical (unpaired) electrons. The van der Waals surface area contributed by atoms with Crippen LogP contribution >= 0.6 is 11.3 Å². The van der Waals surface area contributed by atoms with Gasteiger partial charge in [0.25, 0.3) is 0 Å². The first-order valence-corrected chi connectivity index (χ1v) is 10.0. The number of rotatable bonds is 7. The minimum absolute atomic E-state index is 0.397. The van der Waals surface area contributed by atoms with Crippen LogP contribution < -0.4 is 0 Å². The summed E-state index contributed by atoms with van der Waals surface area (Å²) >= 11 is 1.68. The molecule has 1 atom stereocenters. The molecular weight excluding hydrogens is 320 g/mol. The van der Waals surface area contributed by atoms with Gasteiger partial charge in [0.2, 0.25) is 5.89 Å². The second-order valence-electron chi connectivity index (χ2n) is 7.16. The fraction of sp³-hybridized carbons (Fsp3) is 0.632. The van der Waals surface area contributed by atoms with Crippen LogP contribution in [0.1, 0.15) is 43.6 Å². The van der Waals surface area contributed by atoms with Crippen LogP contribution in [0.3, 0.4) is 0 Å². The van der Waals surface area contributed by atoms with Gasteiger partial charge in [-0.1, -0.05) is 6.42 Å². The third-order valence-corrected chi connectivity index (χ3v) is 5.94. The molecule has 5 heteroatoms. The van der Waals surface area contributed by atoms with Crippen molar-refractivity contribution in [1.82, 2.24) is 9.88 Å². The summed E-state index contributed by atoms with van der Waals surface area (Å²) in [6.07, 6.45) is 6.93. The van der Waals surface area contributed by atoms with Crippen LogP contribution in [0.5, 0.6) is 0 Å². The average molecular weight is 346 g/mol. The maximum Gasteiger partial charge on any atom is 0.227 e. The van der Waals surface area contributed by atoms with Crippen LogP contribution in [0, 0.1) is 12.8 Å². The molecule has 1 aliphatic carbocycles. The number of oxazole rings is 1. The zero-order valence-electron chi connectivity index (χ0n) is 14.4. The third-order valence-electron chi connectivity index (χ3n) is 5.26. The molecule has 1 saturated carbocycles. The molecule has 0 bridgehead atoms. The Morgan fingerprint density at radius 1 is 1.25 bits per heavy atom. The second-order valence-corrected chi connectivity index (χ2v) is 7.94. The van der Waals surface area contributed by atoms with Crippen molar-refractivity contribution >= 4 is 11.3 Å². The zero-order chi connectivity index (χ0) is 16.4. The van der Waals surface area contributed by atoms with E-state index in [0.29, 0.717) is 6.10 Å². The van der Waals surface area contributed by atoms with Crippen molar-refractivity contribution < 1.29 is 9.15 Å². The molecule has 24 heavy (non-hydrogen) atoms. The predicted molar refractivity (Wildman–Crippen MR) is 96.1 cm³/mol. The Morgan fingerprint density at radius 3 is 2.83 bits per heavy atom. The number of aryl methyl sites for hydroxylation is 1. The van der Waals surface area contributed by atoms with Crippen LogP contribution in [0.25, 0.3) is 11.5 Å². The standard InChI is InChI=1S/C19H26N2O2S/c1-14-18(20-19(23-14)16-7-9-24-13-16)12-21(10-15-4-2-5-15)11-17-6-3-8-22-17/h7,9,13,15,17H,2-6,8,10-12H2,1H3/t17-/m0/s1. The molecule has 2 aromatic rings. The maximum atomic E-state index is 5.91. The quantitative estimate of drug-likeness (QED) is 0.740. The van der Waals surface area contributed by atoms with E-state index in [1.165, 1.54) is 38.6 Å². The molecule has 2 aliphatic rings. The molecule has 2 fully saturated rings. The van der Waals surface area contributed by atoms with E-state index in [2.05, 4.69) is 21.7 Å². The van der Waals surface area contributed by atoms with Gasteiger partial charge >= 0.3 is 0 Å². The van der Waals surface area contributed by atoms with Crippen molar-refractivity contribution in [3.63, 3.8) is 0 Å². The topological polar surface area (TPSA) is 38.5 Å². The lowest BCUT2D eigenvalue weighted by atomic mass is 9.85. The van der Waals surface area contributed by atoms with Gasteiger partial charge in [-0.3, -0.25) is 4.90 Å². The van der Waals surface area contributed by atoms with Gasteiger partial charge in [-0.25, -0.2) is 4.98 Å². The van der Waals surface area contributed by atoms with E-state index in [-0.39, 0.29) is 0 Å². The number of nitrogens with zero attached hydrogens (tertiary/aromatic N) is 2. The highest BCUT2D eigenvalue weighted by molar-refractivity contribution is 7.08. The van der Waals surface area contributed by atoms with Crippen molar-refractivity contribution in [2.24, 2.45) is 5.92 Å². The monoisotopic (exact) mass is 346 g/mol. The highest BCUT2D eigenvalue weighted by Crippen LogP contribution is 2.29. The summed E-state index contributed by atoms with van der Waals surface area (Å²) in [6, 6.07) is 2.07. The van der Waals surface area contributed by atoms with Crippen molar-refractivity contribution in [3.05, 3.63) is 28.3 Å². The lowest BCUT2D eigenvalue weighted by Gasteiger charge is -2.33. The number of thiophene rings is 1.